The number of hydrogen-bond acceptors (Lipinski definition) is 2. The molecule has 0 saturated carbocycles. The Hall–Kier alpha value is -1.46. The van der Waals surface area contributed by atoms with Crippen LogP contribution in [0, 0.1) is 12.3 Å². The minimum absolute atomic E-state index is 0.430. The van der Waals surface area contributed by atoms with E-state index in [2.05, 4.69) is 37.2 Å². The maximum absolute atomic E-state index is 5.51. The zero-order chi connectivity index (χ0) is 12.5. The van der Waals surface area contributed by atoms with Crippen LogP contribution in [0.4, 0.5) is 0 Å². The first-order chi connectivity index (χ1) is 8.31. The Morgan fingerprint density at radius 2 is 2.00 bits per heavy atom. The van der Waals surface area contributed by atoms with E-state index in [9.17, 15) is 0 Å². The summed E-state index contributed by atoms with van der Waals surface area (Å²) in [6, 6.07) is 8.67. The molecule has 2 nitrogen and oxygen atoms in total. The van der Waals surface area contributed by atoms with Crippen LogP contribution in [0.25, 0.3) is 0 Å². The third kappa shape index (κ3) is 4.50. The number of ether oxygens (including phenoxy) is 1. The summed E-state index contributed by atoms with van der Waals surface area (Å²) in [6.07, 6.45) is 6.91. The summed E-state index contributed by atoms with van der Waals surface area (Å²) in [6.45, 7) is 5.88. The molecule has 0 bridgehead atoms. The van der Waals surface area contributed by atoms with Crippen molar-refractivity contribution in [3.05, 3.63) is 29.8 Å². The van der Waals surface area contributed by atoms with E-state index in [0.717, 1.165) is 18.7 Å². The van der Waals surface area contributed by atoms with Crippen molar-refractivity contribution < 1.29 is 4.74 Å². The van der Waals surface area contributed by atoms with Gasteiger partial charge in [0.05, 0.1) is 6.61 Å². The maximum Gasteiger partial charge on any atom is 0.119 e. The topological polar surface area (TPSA) is 21.3 Å². The molecule has 1 unspecified atom stereocenters. The highest BCUT2D eigenvalue weighted by molar-refractivity contribution is 5.29. The molecule has 2 heteroatoms. The van der Waals surface area contributed by atoms with Crippen LogP contribution in [0.1, 0.15) is 38.3 Å². The monoisotopic (exact) mass is 231 g/mol. The first-order valence-corrected chi connectivity index (χ1v) is 6.21. The predicted octanol–water partition coefficient (Wildman–Crippen LogP) is 3.15. The van der Waals surface area contributed by atoms with E-state index >= 15 is 0 Å². The van der Waals surface area contributed by atoms with E-state index in [1.54, 1.807) is 0 Å². The molecule has 0 aliphatic carbocycles. The molecule has 0 saturated heterocycles. The van der Waals surface area contributed by atoms with Gasteiger partial charge in [-0.05, 0) is 30.7 Å². The van der Waals surface area contributed by atoms with Crippen LogP contribution in [0.15, 0.2) is 24.3 Å². The van der Waals surface area contributed by atoms with E-state index in [1.807, 2.05) is 12.1 Å². The lowest BCUT2D eigenvalue weighted by Gasteiger charge is -2.16. The van der Waals surface area contributed by atoms with Gasteiger partial charge >= 0.3 is 0 Å². The summed E-state index contributed by atoms with van der Waals surface area (Å²) >= 11 is 0. The molecule has 1 aromatic rings. The Balaban J connectivity index is 2.57. The lowest BCUT2D eigenvalue weighted by Crippen LogP contribution is -2.19. The molecule has 0 fully saturated rings. The average Bonchev–Trinajstić information content (AvgIpc) is 2.37. The highest BCUT2D eigenvalue weighted by Gasteiger charge is 2.06. The third-order valence-corrected chi connectivity index (χ3v) is 2.66. The first kappa shape index (κ1) is 13.6. The summed E-state index contributed by atoms with van der Waals surface area (Å²) in [4.78, 5) is 0. The number of nitrogens with one attached hydrogen (secondary N) is 1. The summed E-state index contributed by atoms with van der Waals surface area (Å²) in [5, 5.41) is 3.45. The highest BCUT2D eigenvalue weighted by Crippen LogP contribution is 2.20. The summed E-state index contributed by atoms with van der Waals surface area (Å²) < 4.78 is 5.51. The molecule has 1 atom stereocenters. The van der Waals surface area contributed by atoms with Crippen molar-refractivity contribution in [1.29, 1.82) is 0 Å². The van der Waals surface area contributed by atoms with Crippen LogP contribution < -0.4 is 10.1 Å². The minimum Gasteiger partial charge on any atom is -0.493 e. The van der Waals surface area contributed by atoms with E-state index in [0.29, 0.717) is 19.1 Å². The second-order valence-electron chi connectivity index (χ2n) is 3.89. The Morgan fingerprint density at radius 1 is 1.29 bits per heavy atom. The maximum atomic E-state index is 5.51. The number of hydrogen-bond donors (Lipinski definition) is 1. The summed E-state index contributed by atoms with van der Waals surface area (Å²) in [7, 11) is 0. The fraction of sp³-hybridized carbons (Fsp3) is 0.467. The SMILES string of the molecule is C#CCCOc1ccc(C(CC)NCC)cc1. The number of terminal acetylenes is 1. The van der Waals surface area contributed by atoms with Crippen LogP contribution in [-0.2, 0) is 0 Å². The van der Waals surface area contributed by atoms with Gasteiger partial charge in [0.15, 0.2) is 0 Å². The Bertz CT molecular complexity index is 350. The van der Waals surface area contributed by atoms with Gasteiger partial charge in [-0.2, -0.15) is 0 Å². The second-order valence-corrected chi connectivity index (χ2v) is 3.89. The van der Waals surface area contributed by atoms with Crippen molar-refractivity contribution in [3.63, 3.8) is 0 Å². The first-order valence-electron chi connectivity index (χ1n) is 6.21. The fourth-order valence-electron chi connectivity index (χ4n) is 1.77. The number of benzene rings is 1. The van der Waals surface area contributed by atoms with Crippen molar-refractivity contribution in [3.8, 4) is 18.1 Å². The van der Waals surface area contributed by atoms with Crippen LogP contribution in [0.3, 0.4) is 0 Å². The zero-order valence-electron chi connectivity index (χ0n) is 10.7. The smallest absolute Gasteiger partial charge is 0.119 e. The summed E-state index contributed by atoms with van der Waals surface area (Å²) in [5.74, 6) is 3.44. The van der Waals surface area contributed by atoms with Gasteiger partial charge in [-0.15, -0.1) is 12.3 Å². The van der Waals surface area contributed by atoms with Gasteiger partial charge in [0.25, 0.3) is 0 Å². The van der Waals surface area contributed by atoms with Crippen LogP contribution in [0.5, 0.6) is 5.75 Å². The Kier molecular flexibility index (Phi) is 6.21. The molecule has 0 radical (unpaired) electrons. The van der Waals surface area contributed by atoms with Gasteiger partial charge in [0.1, 0.15) is 5.75 Å². The van der Waals surface area contributed by atoms with Crippen LogP contribution >= 0.6 is 0 Å². The lowest BCUT2D eigenvalue weighted by molar-refractivity contribution is 0.327. The van der Waals surface area contributed by atoms with Crippen molar-refractivity contribution in [2.75, 3.05) is 13.2 Å². The molecule has 1 aromatic carbocycles. The molecule has 0 aromatic heterocycles. The van der Waals surface area contributed by atoms with Gasteiger partial charge in [-0.25, -0.2) is 0 Å². The molecular weight excluding hydrogens is 210 g/mol. The minimum atomic E-state index is 0.430. The molecule has 0 aliphatic rings. The number of rotatable bonds is 7. The van der Waals surface area contributed by atoms with Crippen molar-refractivity contribution in [2.45, 2.75) is 32.7 Å². The van der Waals surface area contributed by atoms with Gasteiger partial charge in [-0.1, -0.05) is 26.0 Å². The van der Waals surface area contributed by atoms with Gasteiger partial charge in [0.2, 0.25) is 0 Å². The van der Waals surface area contributed by atoms with Crippen molar-refractivity contribution in [1.82, 2.24) is 5.32 Å². The standard InChI is InChI=1S/C15H21NO/c1-4-7-12-17-14-10-8-13(9-11-14)15(5-2)16-6-3/h1,8-11,15-16H,5-7,12H2,2-3H3. The largest absolute Gasteiger partial charge is 0.493 e. The zero-order valence-corrected chi connectivity index (χ0v) is 10.7. The lowest BCUT2D eigenvalue weighted by atomic mass is 10.0. The second kappa shape index (κ2) is 7.76. The molecule has 1 rings (SSSR count). The van der Waals surface area contributed by atoms with Crippen molar-refractivity contribution >= 4 is 0 Å². The predicted molar refractivity (Wildman–Crippen MR) is 72.1 cm³/mol. The molecule has 0 heterocycles. The van der Waals surface area contributed by atoms with Crippen molar-refractivity contribution in [2.24, 2.45) is 0 Å². The molecule has 0 amide bonds. The van der Waals surface area contributed by atoms with Crippen LogP contribution in [-0.4, -0.2) is 13.2 Å². The van der Waals surface area contributed by atoms with E-state index in [-0.39, 0.29) is 0 Å². The normalized spacial score (nSPS) is 11.8. The third-order valence-electron chi connectivity index (χ3n) is 2.66. The van der Waals surface area contributed by atoms with E-state index in [4.69, 9.17) is 11.2 Å². The fourth-order valence-corrected chi connectivity index (χ4v) is 1.77. The summed E-state index contributed by atoms with van der Waals surface area (Å²) in [5.41, 5.74) is 1.30. The molecular formula is C15H21NO. The molecule has 1 N–H and O–H groups in total. The van der Waals surface area contributed by atoms with E-state index in [1.165, 1.54) is 5.56 Å². The molecule has 92 valence electrons. The quantitative estimate of drug-likeness (QED) is 0.575. The van der Waals surface area contributed by atoms with Crippen LogP contribution in [0.2, 0.25) is 0 Å². The Labute approximate surface area is 104 Å². The van der Waals surface area contributed by atoms with Gasteiger partial charge < -0.3 is 10.1 Å². The molecule has 0 aliphatic heterocycles. The van der Waals surface area contributed by atoms with Gasteiger partial charge in [0, 0.05) is 12.5 Å². The van der Waals surface area contributed by atoms with Gasteiger partial charge in [-0.3, -0.25) is 0 Å². The Morgan fingerprint density at radius 3 is 2.53 bits per heavy atom. The molecule has 0 spiro atoms. The molecule has 17 heavy (non-hydrogen) atoms. The highest BCUT2D eigenvalue weighted by atomic mass is 16.5. The van der Waals surface area contributed by atoms with E-state index < -0.39 is 0 Å². The average molecular weight is 231 g/mol.